The molecule has 1 atom stereocenters. The molecule has 0 saturated carbocycles. The maximum Gasteiger partial charge on any atom is 0.149 e. The highest BCUT2D eigenvalue weighted by molar-refractivity contribution is 7.09. The Morgan fingerprint density at radius 2 is 2.33 bits per heavy atom. The van der Waals surface area contributed by atoms with Crippen molar-refractivity contribution in [2.75, 3.05) is 5.32 Å². The molecule has 78 valence electrons. The summed E-state index contributed by atoms with van der Waals surface area (Å²) in [4.78, 5) is 4.41. The highest BCUT2D eigenvalue weighted by atomic mass is 32.1. The third-order valence-electron chi connectivity index (χ3n) is 1.94. The molecule has 5 heteroatoms. The predicted octanol–water partition coefficient (Wildman–Crippen LogP) is 2.41. The van der Waals surface area contributed by atoms with E-state index in [1.807, 2.05) is 24.4 Å². The van der Waals surface area contributed by atoms with Crippen molar-refractivity contribution < 1.29 is 0 Å². The monoisotopic (exact) mass is 220 g/mol. The van der Waals surface area contributed by atoms with Crippen molar-refractivity contribution in [1.82, 2.24) is 15.2 Å². The Balaban J connectivity index is 2.07. The average Bonchev–Trinajstić information content (AvgIpc) is 2.66. The molecule has 0 bridgehead atoms. The summed E-state index contributed by atoms with van der Waals surface area (Å²) in [6, 6.07) is 3.92. The quantitative estimate of drug-likeness (QED) is 0.863. The van der Waals surface area contributed by atoms with E-state index < -0.39 is 0 Å². The van der Waals surface area contributed by atoms with Gasteiger partial charge in [-0.3, -0.25) is 0 Å². The molecule has 0 amide bonds. The number of thiazole rings is 1. The molecule has 0 aliphatic heterocycles. The summed E-state index contributed by atoms with van der Waals surface area (Å²) >= 11 is 1.66. The van der Waals surface area contributed by atoms with Crippen molar-refractivity contribution in [3.63, 3.8) is 0 Å². The third kappa shape index (κ3) is 2.50. The number of aryl methyl sites for hydroxylation is 1. The summed E-state index contributed by atoms with van der Waals surface area (Å²) in [6.45, 7) is 4.06. The minimum atomic E-state index is 0.167. The van der Waals surface area contributed by atoms with E-state index in [9.17, 15) is 0 Å². The molecule has 2 rings (SSSR count). The van der Waals surface area contributed by atoms with Crippen LogP contribution in [0.5, 0.6) is 0 Å². The topological polar surface area (TPSA) is 50.7 Å². The van der Waals surface area contributed by atoms with Crippen LogP contribution < -0.4 is 5.32 Å². The number of hydrogen-bond acceptors (Lipinski definition) is 5. The molecule has 15 heavy (non-hydrogen) atoms. The lowest BCUT2D eigenvalue weighted by atomic mass is 10.3. The summed E-state index contributed by atoms with van der Waals surface area (Å²) in [5.74, 6) is 0.776. The number of hydrogen-bond donors (Lipinski definition) is 1. The molecule has 0 spiro atoms. The third-order valence-corrected chi connectivity index (χ3v) is 3.09. The van der Waals surface area contributed by atoms with Gasteiger partial charge in [0.25, 0.3) is 0 Å². The van der Waals surface area contributed by atoms with Gasteiger partial charge in [0.15, 0.2) is 0 Å². The van der Waals surface area contributed by atoms with Gasteiger partial charge in [-0.2, -0.15) is 5.10 Å². The predicted molar refractivity (Wildman–Crippen MR) is 60.9 cm³/mol. The second-order valence-electron chi connectivity index (χ2n) is 3.30. The van der Waals surface area contributed by atoms with Gasteiger partial charge in [0, 0.05) is 17.3 Å². The molecular formula is C10H12N4S. The van der Waals surface area contributed by atoms with Crippen molar-refractivity contribution in [2.24, 2.45) is 0 Å². The first kappa shape index (κ1) is 10.0. The van der Waals surface area contributed by atoms with Gasteiger partial charge in [0.2, 0.25) is 0 Å². The normalized spacial score (nSPS) is 12.4. The lowest BCUT2D eigenvalue weighted by Gasteiger charge is -2.10. The Labute approximate surface area is 92.4 Å². The maximum absolute atomic E-state index is 4.41. The first-order valence-corrected chi connectivity index (χ1v) is 5.60. The molecule has 0 aromatic carbocycles. The molecule has 0 radical (unpaired) electrons. The SMILES string of the molecule is Cc1csc(C(C)Nc2cccnn2)n1. The van der Waals surface area contributed by atoms with Crippen LogP contribution in [-0.2, 0) is 0 Å². The van der Waals surface area contributed by atoms with Gasteiger partial charge >= 0.3 is 0 Å². The smallest absolute Gasteiger partial charge is 0.149 e. The molecule has 0 fully saturated rings. The zero-order valence-electron chi connectivity index (χ0n) is 8.64. The fourth-order valence-corrected chi connectivity index (χ4v) is 2.04. The second-order valence-corrected chi connectivity index (χ2v) is 4.19. The average molecular weight is 220 g/mol. The van der Waals surface area contributed by atoms with E-state index in [4.69, 9.17) is 0 Å². The second kappa shape index (κ2) is 4.35. The molecule has 2 aromatic rings. The standard InChI is InChI=1S/C10H12N4S/c1-7-6-15-10(12-7)8(2)13-9-4-3-5-11-14-9/h3-6,8H,1-2H3,(H,13,14). The van der Waals surface area contributed by atoms with Crippen LogP contribution in [-0.4, -0.2) is 15.2 Å². The van der Waals surface area contributed by atoms with Gasteiger partial charge in [0.05, 0.1) is 6.04 Å². The van der Waals surface area contributed by atoms with Gasteiger partial charge in [-0.1, -0.05) is 0 Å². The lowest BCUT2D eigenvalue weighted by Crippen LogP contribution is -2.07. The van der Waals surface area contributed by atoms with Gasteiger partial charge in [0.1, 0.15) is 10.8 Å². The Kier molecular flexibility index (Phi) is 2.91. The molecule has 0 saturated heterocycles. The lowest BCUT2D eigenvalue weighted by molar-refractivity contribution is 0.844. The molecule has 4 nitrogen and oxygen atoms in total. The Hall–Kier alpha value is -1.49. The van der Waals surface area contributed by atoms with Gasteiger partial charge in [-0.25, -0.2) is 4.98 Å². The van der Waals surface area contributed by atoms with Gasteiger partial charge in [-0.05, 0) is 26.0 Å². The van der Waals surface area contributed by atoms with E-state index in [2.05, 4.69) is 27.4 Å². The van der Waals surface area contributed by atoms with Gasteiger partial charge in [-0.15, -0.1) is 16.4 Å². The summed E-state index contributed by atoms with van der Waals surface area (Å²) < 4.78 is 0. The summed E-state index contributed by atoms with van der Waals surface area (Å²) in [7, 11) is 0. The number of aromatic nitrogens is 3. The van der Waals surface area contributed by atoms with Crippen LogP contribution in [0.3, 0.4) is 0 Å². The molecule has 0 aliphatic rings. The highest BCUT2D eigenvalue weighted by Crippen LogP contribution is 2.20. The largest absolute Gasteiger partial charge is 0.360 e. The van der Waals surface area contributed by atoms with E-state index in [1.54, 1.807) is 17.5 Å². The van der Waals surface area contributed by atoms with Crippen LogP contribution >= 0.6 is 11.3 Å². The Bertz CT molecular complexity index is 426. The summed E-state index contributed by atoms with van der Waals surface area (Å²) in [6.07, 6.45) is 1.66. The van der Waals surface area contributed by atoms with Crippen molar-refractivity contribution in [1.29, 1.82) is 0 Å². The van der Waals surface area contributed by atoms with Crippen LogP contribution in [0, 0.1) is 6.92 Å². The first-order valence-electron chi connectivity index (χ1n) is 4.72. The van der Waals surface area contributed by atoms with E-state index in [0.29, 0.717) is 0 Å². The first-order chi connectivity index (χ1) is 7.25. The fraction of sp³-hybridized carbons (Fsp3) is 0.300. The van der Waals surface area contributed by atoms with Crippen LogP contribution in [0.2, 0.25) is 0 Å². The molecule has 2 aromatic heterocycles. The molecule has 2 heterocycles. The highest BCUT2D eigenvalue weighted by Gasteiger charge is 2.09. The van der Waals surface area contributed by atoms with E-state index >= 15 is 0 Å². The zero-order chi connectivity index (χ0) is 10.7. The number of rotatable bonds is 3. The van der Waals surface area contributed by atoms with Crippen LogP contribution in [0.25, 0.3) is 0 Å². The Morgan fingerprint density at radius 3 is 2.93 bits per heavy atom. The molecule has 0 aliphatic carbocycles. The molecule has 1 unspecified atom stereocenters. The van der Waals surface area contributed by atoms with E-state index in [0.717, 1.165) is 16.5 Å². The maximum atomic E-state index is 4.41. The van der Waals surface area contributed by atoms with Crippen molar-refractivity contribution in [2.45, 2.75) is 19.9 Å². The van der Waals surface area contributed by atoms with Crippen molar-refractivity contribution in [3.05, 3.63) is 34.4 Å². The Morgan fingerprint density at radius 1 is 1.47 bits per heavy atom. The van der Waals surface area contributed by atoms with Crippen LogP contribution in [0.1, 0.15) is 23.7 Å². The molecular weight excluding hydrogens is 208 g/mol. The van der Waals surface area contributed by atoms with Crippen LogP contribution in [0.15, 0.2) is 23.7 Å². The number of nitrogens with one attached hydrogen (secondary N) is 1. The van der Waals surface area contributed by atoms with E-state index in [1.165, 1.54) is 0 Å². The fourth-order valence-electron chi connectivity index (χ4n) is 1.23. The minimum Gasteiger partial charge on any atom is -0.360 e. The van der Waals surface area contributed by atoms with Gasteiger partial charge < -0.3 is 5.32 Å². The minimum absolute atomic E-state index is 0.167. The zero-order valence-corrected chi connectivity index (χ0v) is 9.45. The number of nitrogens with zero attached hydrogens (tertiary/aromatic N) is 3. The van der Waals surface area contributed by atoms with E-state index in [-0.39, 0.29) is 6.04 Å². The number of anilines is 1. The van der Waals surface area contributed by atoms with Crippen molar-refractivity contribution >= 4 is 17.2 Å². The van der Waals surface area contributed by atoms with Crippen molar-refractivity contribution in [3.8, 4) is 0 Å². The van der Waals surface area contributed by atoms with Crippen LogP contribution in [0.4, 0.5) is 5.82 Å². The molecule has 1 N–H and O–H groups in total. The summed E-state index contributed by atoms with van der Waals surface area (Å²) in [5.41, 5.74) is 1.06. The summed E-state index contributed by atoms with van der Waals surface area (Å²) in [5, 5.41) is 14.1.